The summed E-state index contributed by atoms with van der Waals surface area (Å²) in [4.78, 5) is 19.5. The molecule has 2 aromatic rings. The largest absolute Gasteiger partial charge is 0.398 e. The Balaban J connectivity index is 2.20. The van der Waals surface area contributed by atoms with Gasteiger partial charge in [0.05, 0.1) is 5.56 Å². The van der Waals surface area contributed by atoms with E-state index in [1.807, 2.05) is 0 Å². The molecular formula is C11H9ClN4O. The SMILES string of the molecule is Nc1ccccc1C(=O)Nc1nccc(Cl)n1. The molecule has 0 radical (unpaired) electrons. The molecule has 0 saturated carbocycles. The van der Waals surface area contributed by atoms with Crippen molar-refractivity contribution in [3.8, 4) is 0 Å². The predicted molar refractivity (Wildman–Crippen MR) is 65.8 cm³/mol. The number of nitrogens with two attached hydrogens (primary N) is 1. The quantitative estimate of drug-likeness (QED) is 0.629. The number of anilines is 2. The normalized spacial score (nSPS) is 9.94. The summed E-state index contributed by atoms with van der Waals surface area (Å²) in [5.41, 5.74) is 6.44. The molecule has 86 valence electrons. The fourth-order valence-electron chi connectivity index (χ4n) is 1.27. The average Bonchev–Trinajstić information content (AvgIpc) is 2.29. The van der Waals surface area contributed by atoms with Gasteiger partial charge >= 0.3 is 0 Å². The molecule has 0 aliphatic carbocycles. The Bertz CT molecular complexity index is 559. The van der Waals surface area contributed by atoms with Crippen LogP contribution >= 0.6 is 11.6 Å². The molecule has 1 aromatic carbocycles. The number of nitrogens with one attached hydrogen (secondary N) is 1. The second-order valence-corrected chi connectivity index (χ2v) is 3.63. The van der Waals surface area contributed by atoms with Gasteiger partial charge in [-0.2, -0.15) is 0 Å². The van der Waals surface area contributed by atoms with Crippen molar-refractivity contribution in [1.82, 2.24) is 9.97 Å². The van der Waals surface area contributed by atoms with Crippen LogP contribution < -0.4 is 11.1 Å². The molecule has 2 rings (SSSR count). The van der Waals surface area contributed by atoms with Gasteiger partial charge in [0.25, 0.3) is 5.91 Å². The number of carbonyl (C=O) groups excluding carboxylic acids is 1. The van der Waals surface area contributed by atoms with Crippen molar-refractivity contribution in [2.45, 2.75) is 0 Å². The summed E-state index contributed by atoms with van der Waals surface area (Å²) in [5.74, 6) is -0.226. The second-order valence-electron chi connectivity index (χ2n) is 3.24. The van der Waals surface area contributed by atoms with Crippen LogP contribution in [-0.2, 0) is 0 Å². The molecule has 0 aliphatic rings. The van der Waals surface area contributed by atoms with Crippen molar-refractivity contribution in [1.29, 1.82) is 0 Å². The first kappa shape index (κ1) is 11.3. The van der Waals surface area contributed by atoms with Gasteiger partial charge in [-0.3, -0.25) is 10.1 Å². The first-order valence-electron chi connectivity index (χ1n) is 4.81. The molecule has 0 unspecified atom stereocenters. The minimum absolute atomic E-state index is 0.144. The third-order valence-corrected chi connectivity index (χ3v) is 2.26. The molecule has 0 fully saturated rings. The number of hydrogen-bond donors (Lipinski definition) is 2. The molecule has 0 aliphatic heterocycles. The first-order valence-corrected chi connectivity index (χ1v) is 5.19. The summed E-state index contributed by atoms with van der Waals surface area (Å²) in [6.45, 7) is 0. The number of rotatable bonds is 2. The van der Waals surface area contributed by atoms with E-state index in [-0.39, 0.29) is 17.0 Å². The maximum atomic E-state index is 11.8. The molecule has 1 heterocycles. The van der Waals surface area contributed by atoms with Crippen molar-refractivity contribution in [3.05, 3.63) is 47.2 Å². The monoisotopic (exact) mass is 248 g/mol. The first-order chi connectivity index (χ1) is 8.16. The van der Waals surface area contributed by atoms with E-state index in [0.29, 0.717) is 11.3 Å². The van der Waals surface area contributed by atoms with Crippen LogP contribution in [0.15, 0.2) is 36.5 Å². The maximum Gasteiger partial charge on any atom is 0.260 e. The molecule has 1 aromatic heterocycles. The Kier molecular flexibility index (Phi) is 3.20. The molecule has 0 bridgehead atoms. The summed E-state index contributed by atoms with van der Waals surface area (Å²) in [7, 11) is 0. The van der Waals surface area contributed by atoms with Crippen molar-refractivity contribution in [2.75, 3.05) is 11.1 Å². The van der Waals surface area contributed by atoms with Crippen LogP contribution in [0.25, 0.3) is 0 Å². The van der Waals surface area contributed by atoms with Crippen molar-refractivity contribution < 1.29 is 4.79 Å². The van der Waals surface area contributed by atoms with E-state index in [1.54, 1.807) is 24.3 Å². The molecule has 6 heteroatoms. The average molecular weight is 249 g/mol. The fourth-order valence-corrected chi connectivity index (χ4v) is 1.41. The number of nitrogen functional groups attached to an aromatic ring is 1. The lowest BCUT2D eigenvalue weighted by Crippen LogP contribution is -2.15. The number of nitrogens with zero attached hydrogens (tertiary/aromatic N) is 2. The highest BCUT2D eigenvalue weighted by Crippen LogP contribution is 2.13. The Morgan fingerprint density at radius 1 is 1.29 bits per heavy atom. The maximum absolute atomic E-state index is 11.8. The van der Waals surface area contributed by atoms with Crippen molar-refractivity contribution >= 4 is 29.1 Å². The van der Waals surface area contributed by atoms with Gasteiger partial charge < -0.3 is 5.73 Å². The zero-order valence-electron chi connectivity index (χ0n) is 8.72. The third kappa shape index (κ3) is 2.70. The third-order valence-electron chi connectivity index (χ3n) is 2.05. The lowest BCUT2D eigenvalue weighted by Gasteiger charge is -2.05. The highest BCUT2D eigenvalue weighted by Gasteiger charge is 2.10. The number of hydrogen-bond acceptors (Lipinski definition) is 4. The number of benzene rings is 1. The van der Waals surface area contributed by atoms with Gasteiger partial charge in [-0.25, -0.2) is 9.97 Å². The van der Waals surface area contributed by atoms with Crippen molar-refractivity contribution in [2.24, 2.45) is 0 Å². The topological polar surface area (TPSA) is 80.9 Å². The van der Waals surface area contributed by atoms with Gasteiger partial charge in [0.15, 0.2) is 0 Å². The van der Waals surface area contributed by atoms with Gasteiger partial charge in [-0.05, 0) is 18.2 Å². The zero-order chi connectivity index (χ0) is 12.3. The lowest BCUT2D eigenvalue weighted by molar-refractivity contribution is 0.102. The van der Waals surface area contributed by atoms with E-state index in [9.17, 15) is 4.79 Å². The van der Waals surface area contributed by atoms with Gasteiger partial charge in [0.1, 0.15) is 5.15 Å². The number of halogens is 1. The highest BCUT2D eigenvalue weighted by molar-refractivity contribution is 6.29. The predicted octanol–water partition coefficient (Wildman–Crippen LogP) is 1.96. The summed E-state index contributed by atoms with van der Waals surface area (Å²) in [6.07, 6.45) is 1.46. The van der Waals surface area contributed by atoms with E-state index in [0.717, 1.165) is 0 Å². The molecule has 0 spiro atoms. The summed E-state index contributed by atoms with van der Waals surface area (Å²) < 4.78 is 0. The summed E-state index contributed by atoms with van der Waals surface area (Å²) in [5, 5.41) is 2.77. The summed E-state index contributed by atoms with van der Waals surface area (Å²) >= 11 is 5.68. The number of carbonyl (C=O) groups is 1. The van der Waals surface area contributed by atoms with Gasteiger partial charge in [-0.15, -0.1) is 0 Å². The van der Waals surface area contributed by atoms with Gasteiger partial charge in [-0.1, -0.05) is 23.7 Å². The van der Waals surface area contributed by atoms with Crippen LogP contribution in [0, 0.1) is 0 Å². The van der Waals surface area contributed by atoms with E-state index in [1.165, 1.54) is 12.3 Å². The molecular weight excluding hydrogens is 240 g/mol. The van der Waals surface area contributed by atoms with E-state index >= 15 is 0 Å². The Labute approximate surface area is 103 Å². The molecule has 3 N–H and O–H groups in total. The van der Waals surface area contributed by atoms with E-state index in [2.05, 4.69) is 15.3 Å². The molecule has 0 atom stereocenters. The molecule has 5 nitrogen and oxygen atoms in total. The summed E-state index contributed by atoms with van der Waals surface area (Å²) in [6, 6.07) is 8.27. The second kappa shape index (κ2) is 4.80. The van der Waals surface area contributed by atoms with Crippen LogP contribution in [0.1, 0.15) is 10.4 Å². The Hall–Kier alpha value is -2.14. The highest BCUT2D eigenvalue weighted by atomic mass is 35.5. The van der Waals surface area contributed by atoms with Crippen LogP contribution in [-0.4, -0.2) is 15.9 Å². The Morgan fingerprint density at radius 3 is 2.76 bits per heavy atom. The van der Waals surface area contributed by atoms with Crippen LogP contribution in [0.5, 0.6) is 0 Å². The minimum Gasteiger partial charge on any atom is -0.398 e. The van der Waals surface area contributed by atoms with Crippen LogP contribution in [0.2, 0.25) is 5.15 Å². The van der Waals surface area contributed by atoms with Crippen LogP contribution in [0.3, 0.4) is 0 Å². The van der Waals surface area contributed by atoms with Crippen LogP contribution in [0.4, 0.5) is 11.6 Å². The van der Waals surface area contributed by atoms with Gasteiger partial charge in [0.2, 0.25) is 5.95 Å². The minimum atomic E-state index is -0.370. The number of amides is 1. The lowest BCUT2D eigenvalue weighted by atomic mass is 10.2. The van der Waals surface area contributed by atoms with E-state index < -0.39 is 0 Å². The number of aromatic nitrogens is 2. The zero-order valence-corrected chi connectivity index (χ0v) is 9.48. The van der Waals surface area contributed by atoms with Crippen molar-refractivity contribution in [3.63, 3.8) is 0 Å². The standard InChI is InChI=1S/C11H9ClN4O/c12-9-5-6-14-11(15-9)16-10(17)7-3-1-2-4-8(7)13/h1-6H,13H2,(H,14,15,16,17). The molecule has 17 heavy (non-hydrogen) atoms. The fraction of sp³-hybridized carbons (Fsp3) is 0. The van der Waals surface area contributed by atoms with Gasteiger partial charge in [0, 0.05) is 11.9 Å². The smallest absolute Gasteiger partial charge is 0.260 e. The molecule has 0 saturated heterocycles. The Morgan fingerprint density at radius 2 is 2.06 bits per heavy atom. The van der Waals surface area contributed by atoms with E-state index in [4.69, 9.17) is 17.3 Å². The molecule has 1 amide bonds. The number of para-hydroxylation sites is 1.